The number of ether oxygens (including phenoxy) is 1. The molecule has 1 aromatic rings. The summed E-state index contributed by atoms with van der Waals surface area (Å²) in [6.07, 6.45) is 2.76. The van der Waals surface area contributed by atoms with Crippen LogP contribution in [0.15, 0.2) is 30.3 Å². The molecule has 0 amide bonds. The highest BCUT2D eigenvalue weighted by atomic mass is 16.5. The number of hydrogen-bond donors (Lipinski definition) is 0. The number of rotatable bonds is 3. The van der Waals surface area contributed by atoms with Gasteiger partial charge in [0.15, 0.2) is 0 Å². The van der Waals surface area contributed by atoms with Crippen molar-refractivity contribution in [1.29, 1.82) is 0 Å². The van der Waals surface area contributed by atoms with Crippen molar-refractivity contribution in [2.45, 2.75) is 26.0 Å². The van der Waals surface area contributed by atoms with Crippen molar-refractivity contribution in [3.8, 4) is 0 Å². The van der Waals surface area contributed by atoms with Gasteiger partial charge in [-0.05, 0) is 24.3 Å². The molecule has 88 valence electrons. The van der Waals surface area contributed by atoms with Crippen molar-refractivity contribution in [1.82, 2.24) is 4.90 Å². The van der Waals surface area contributed by atoms with E-state index >= 15 is 0 Å². The van der Waals surface area contributed by atoms with Gasteiger partial charge in [-0.3, -0.25) is 4.90 Å². The highest BCUT2D eigenvalue weighted by Gasteiger charge is 2.24. The maximum Gasteiger partial charge on any atom is 0.136 e. The zero-order chi connectivity index (χ0) is 11.4. The zero-order valence-electron chi connectivity index (χ0n) is 10.2. The Bertz CT molecular complexity index is 312. The van der Waals surface area contributed by atoms with Crippen molar-refractivity contribution in [2.24, 2.45) is 5.92 Å². The number of hydrogen-bond acceptors (Lipinski definition) is 2. The predicted molar refractivity (Wildman–Crippen MR) is 66.2 cm³/mol. The lowest BCUT2D eigenvalue weighted by atomic mass is 9.99. The Morgan fingerprint density at radius 2 is 2.06 bits per heavy atom. The molecule has 2 heteroatoms. The van der Waals surface area contributed by atoms with Crippen molar-refractivity contribution >= 4 is 0 Å². The Kier molecular flexibility index (Phi) is 3.97. The van der Waals surface area contributed by atoms with Gasteiger partial charge in [-0.15, -0.1) is 0 Å². The van der Waals surface area contributed by atoms with Crippen LogP contribution in [0.5, 0.6) is 0 Å². The molecule has 0 spiro atoms. The second kappa shape index (κ2) is 5.46. The summed E-state index contributed by atoms with van der Waals surface area (Å²) in [4.78, 5) is 2.45. The first-order valence-corrected chi connectivity index (χ1v) is 6.13. The Morgan fingerprint density at radius 1 is 1.31 bits per heavy atom. The van der Waals surface area contributed by atoms with Crippen LogP contribution >= 0.6 is 0 Å². The Hall–Kier alpha value is -0.860. The standard InChI is InChI=1S/C14H21NO/c1-12-7-6-10-15(11-12)14(16-2)13-8-4-3-5-9-13/h3-5,8-9,12,14H,6-7,10-11H2,1-2H3. The SMILES string of the molecule is COC(c1ccccc1)N1CCCC(C)C1. The monoisotopic (exact) mass is 219 g/mol. The van der Waals surface area contributed by atoms with E-state index in [4.69, 9.17) is 4.74 Å². The lowest BCUT2D eigenvalue weighted by Gasteiger charge is -2.36. The van der Waals surface area contributed by atoms with E-state index < -0.39 is 0 Å². The molecule has 1 aliphatic heterocycles. The number of methoxy groups -OCH3 is 1. The van der Waals surface area contributed by atoms with Crippen LogP contribution < -0.4 is 0 Å². The summed E-state index contributed by atoms with van der Waals surface area (Å²) < 4.78 is 5.65. The smallest absolute Gasteiger partial charge is 0.136 e. The van der Waals surface area contributed by atoms with E-state index in [-0.39, 0.29) is 6.23 Å². The molecular weight excluding hydrogens is 198 g/mol. The van der Waals surface area contributed by atoms with Crippen LogP contribution in [0.25, 0.3) is 0 Å². The van der Waals surface area contributed by atoms with Gasteiger partial charge in [0, 0.05) is 20.2 Å². The van der Waals surface area contributed by atoms with E-state index in [1.807, 2.05) is 0 Å². The van der Waals surface area contributed by atoms with Crippen molar-refractivity contribution in [3.63, 3.8) is 0 Å². The molecule has 1 aromatic carbocycles. The molecule has 1 fully saturated rings. The number of piperidine rings is 1. The molecule has 16 heavy (non-hydrogen) atoms. The average molecular weight is 219 g/mol. The Morgan fingerprint density at radius 3 is 2.69 bits per heavy atom. The van der Waals surface area contributed by atoms with Crippen molar-refractivity contribution < 1.29 is 4.74 Å². The number of likely N-dealkylation sites (tertiary alicyclic amines) is 1. The van der Waals surface area contributed by atoms with Gasteiger partial charge in [0.1, 0.15) is 6.23 Å². The molecule has 1 heterocycles. The molecule has 0 bridgehead atoms. The fourth-order valence-corrected chi connectivity index (χ4v) is 2.55. The fourth-order valence-electron chi connectivity index (χ4n) is 2.55. The summed E-state index contributed by atoms with van der Waals surface area (Å²) >= 11 is 0. The molecule has 2 unspecified atom stereocenters. The molecule has 1 saturated heterocycles. The molecule has 0 N–H and O–H groups in total. The van der Waals surface area contributed by atoms with E-state index in [0.717, 1.165) is 19.0 Å². The van der Waals surface area contributed by atoms with E-state index in [1.54, 1.807) is 7.11 Å². The van der Waals surface area contributed by atoms with Gasteiger partial charge >= 0.3 is 0 Å². The van der Waals surface area contributed by atoms with Crippen LogP contribution in [-0.4, -0.2) is 25.1 Å². The van der Waals surface area contributed by atoms with Crippen LogP contribution in [-0.2, 0) is 4.74 Å². The van der Waals surface area contributed by atoms with Gasteiger partial charge in [-0.2, -0.15) is 0 Å². The maximum absolute atomic E-state index is 5.65. The Balaban J connectivity index is 2.10. The molecule has 0 aromatic heterocycles. The minimum Gasteiger partial charge on any atom is -0.362 e. The number of nitrogens with zero attached hydrogens (tertiary/aromatic N) is 1. The molecule has 0 radical (unpaired) electrons. The first-order chi connectivity index (χ1) is 7.81. The minimum atomic E-state index is 0.129. The van der Waals surface area contributed by atoms with Gasteiger partial charge in [-0.25, -0.2) is 0 Å². The molecule has 0 saturated carbocycles. The predicted octanol–water partition coefficient (Wildman–Crippen LogP) is 3.06. The van der Waals surface area contributed by atoms with E-state index in [1.165, 1.54) is 18.4 Å². The summed E-state index contributed by atoms with van der Waals surface area (Å²) in [6.45, 7) is 4.62. The molecule has 2 nitrogen and oxygen atoms in total. The second-order valence-electron chi connectivity index (χ2n) is 4.74. The van der Waals surface area contributed by atoms with Gasteiger partial charge < -0.3 is 4.74 Å². The van der Waals surface area contributed by atoms with Crippen molar-refractivity contribution in [2.75, 3.05) is 20.2 Å². The number of benzene rings is 1. The van der Waals surface area contributed by atoms with Gasteiger partial charge in [0.2, 0.25) is 0 Å². The minimum absolute atomic E-state index is 0.129. The topological polar surface area (TPSA) is 12.5 Å². The summed E-state index contributed by atoms with van der Waals surface area (Å²) in [7, 11) is 1.80. The summed E-state index contributed by atoms with van der Waals surface area (Å²) in [5, 5.41) is 0. The highest BCUT2D eigenvalue weighted by molar-refractivity contribution is 5.17. The third-order valence-corrected chi connectivity index (χ3v) is 3.33. The van der Waals surface area contributed by atoms with E-state index in [2.05, 4.69) is 42.2 Å². The van der Waals surface area contributed by atoms with Gasteiger partial charge in [0.25, 0.3) is 0 Å². The van der Waals surface area contributed by atoms with E-state index in [9.17, 15) is 0 Å². The van der Waals surface area contributed by atoms with Gasteiger partial charge in [0.05, 0.1) is 0 Å². The molecule has 0 aliphatic carbocycles. The molecule has 1 aliphatic rings. The lowest BCUT2D eigenvalue weighted by molar-refractivity contribution is -0.0528. The zero-order valence-corrected chi connectivity index (χ0v) is 10.2. The van der Waals surface area contributed by atoms with E-state index in [0.29, 0.717) is 0 Å². The normalized spacial score (nSPS) is 24.2. The molecule has 2 atom stereocenters. The summed E-state index contributed by atoms with van der Waals surface area (Å²) in [5.41, 5.74) is 1.26. The van der Waals surface area contributed by atoms with Gasteiger partial charge in [-0.1, -0.05) is 37.3 Å². The van der Waals surface area contributed by atoms with Crippen LogP contribution in [0, 0.1) is 5.92 Å². The Labute approximate surface area is 98.2 Å². The fraction of sp³-hybridized carbons (Fsp3) is 0.571. The average Bonchev–Trinajstić information content (AvgIpc) is 2.31. The van der Waals surface area contributed by atoms with Crippen LogP contribution in [0.3, 0.4) is 0 Å². The summed E-state index contributed by atoms with van der Waals surface area (Å²) in [6, 6.07) is 10.5. The van der Waals surface area contributed by atoms with Crippen LogP contribution in [0.1, 0.15) is 31.6 Å². The second-order valence-corrected chi connectivity index (χ2v) is 4.74. The summed E-state index contributed by atoms with van der Waals surface area (Å²) in [5.74, 6) is 0.787. The van der Waals surface area contributed by atoms with Crippen LogP contribution in [0.4, 0.5) is 0 Å². The molecule has 2 rings (SSSR count). The highest BCUT2D eigenvalue weighted by Crippen LogP contribution is 2.26. The quantitative estimate of drug-likeness (QED) is 0.774. The first-order valence-electron chi connectivity index (χ1n) is 6.13. The van der Waals surface area contributed by atoms with Crippen LogP contribution in [0.2, 0.25) is 0 Å². The first kappa shape index (κ1) is 11.6. The molecular formula is C14H21NO. The largest absolute Gasteiger partial charge is 0.362 e. The lowest BCUT2D eigenvalue weighted by Crippen LogP contribution is -2.38. The third kappa shape index (κ3) is 2.63. The maximum atomic E-state index is 5.65. The van der Waals surface area contributed by atoms with Crippen molar-refractivity contribution in [3.05, 3.63) is 35.9 Å². The third-order valence-electron chi connectivity index (χ3n) is 3.33.